The zero-order chi connectivity index (χ0) is 13.0. The molecule has 0 radical (unpaired) electrons. The van der Waals surface area contributed by atoms with Crippen LogP contribution in [0.2, 0.25) is 0 Å². The summed E-state index contributed by atoms with van der Waals surface area (Å²) in [6.45, 7) is 4.11. The molecule has 5 nitrogen and oxygen atoms in total. The normalized spacial score (nSPS) is 20.9. The quantitative estimate of drug-likeness (QED) is 0.867. The van der Waals surface area contributed by atoms with Gasteiger partial charge < -0.3 is 15.4 Å². The van der Waals surface area contributed by atoms with Crippen molar-refractivity contribution in [3.05, 3.63) is 17.6 Å². The molecule has 0 aliphatic carbocycles. The molecular weight excluding hydrogens is 228 g/mol. The van der Waals surface area contributed by atoms with Crippen molar-refractivity contribution < 1.29 is 4.74 Å². The molecule has 1 aliphatic heterocycles. The monoisotopic (exact) mass is 250 g/mol. The number of ether oxygens (including phenoxy) is 1. The molecule has 5 heteroatoms. The molecule has 1 aromatic rings. The van der Waals surface area contributed by atoms with Crippen LogP contribution in [0.4, 0.5) is 0 Å². The molecule has 100 valence electrons. The van der Waals surface area contributed by atoms with Crippen molar-refractivity contribution in [2.24, 2.45) is 5.73 Å². The van der Waals surface area contributed by atoms with Crippen LogP contribution in [0.25, 0.3) is 0 Å². The maximum atomic E-state index is 5.85. The summed E-state index contributed by atoms with van der Waals surface area (Å²) in [6, 6.07) is 0.486. The molecule has 1 fully saturated rings. The third-order valence-corrected chi connectivity index (χ3v) is 3.50. The topological polar surface area (TPSA) is 64.3 Å². The van der Waals surface area contributed by atoms with Crippen molar-refractivity contribution in [1.82, 2.24) is 14.9 Å². The van der Waals surface area contributed by atoms with Crippen LogP contribution in [0.5, 0.6) is 5.88 Å². The lowest BCUT2D eigenvalue weighted by Crippen LogP contribution is -2.40. The smallest absolute Gasteiger partial charge is 0.221 e. The van der Waals surface area contributed by atoms with Crippen molar-refractivity contribution >= 4 is 0 Å². The van der Waals surface area contributed by atoms with Gasteiger partial charge in [0.05, 0.1) is 0 Å². The predicted octanol–water partition coefficient (Wildman–Crippen LogP) is 1.11. The Labute approximate surface area is 108 Å². The van der Waals surface area contributed by atoms with Crippen molar-refractivity contribution in [3.63, 3.8) is 0 Å². The summed E-state index contributed by atoms with van der Waals surface area (Å²) in [5.41, 5.74) is 6.54. The van der Waals surface area contributed by atoms with Gasteiger partial charge in [0.2, 0.25) is 5.88 Å². The first-order valence-corrected chi connectivity index (χ1v) is 6.56. The largest absolute Gasteiger partial charge is 0.476 e. The first-order chi connectivity index (χ1) is 8.70. The lowest BCUT2D eigenvalue weighted by molar-refractivity contribution is 0.122. The molecule has 0 aromatic carbocycles. The van der Waals surface area contributed by atoms with Gasteiger partial charge in [-0.05, 0) is 33.4 Å². The van der Waals surface area contributed by atoms with Gasteiger partial charge in [-0.15, -0.1) is 0 Å². The van der Waals surface area contributed by atoms with Crippen LogP contribution in [-0.2, 0) is 6.54 Å². The summed E-state index contributed by atoms with van der Waals surface area (Å²) in [7, 11) is 2.16. The summed E-state index contributed by atoms with van der Waals surface area (Å²) in [5.74, 6) is 1.36. The second-order valence-electron chi connectivity index (χ2n) is 4.89. The fourth-order valence-corrected chi connectivity index (χ4v) is 2.27. The van der Waals surface area contributed by atoms with Gasteiger partial charge in [-0.3, -0.25) is 0 Å². The molecule has 1 atom stereocenters. The van der Waals surface area contributed by atoms with E-state index in [1.807, 2.05) is 6.92 Å². The first-order valence-electron chi connectivity index (χ1n) is 6.56. The first kappa shape index (κ1) is 13.2. The highest BCUT2D eigenvalue weighted by atomic mass is 16.5. The van der Waals surface area contributed by atoms with E-state index in [0.717, 1.165) is 17.9 Å². The number of likely N-dealkylation sites (N-methyl/N-ethyl adjacent to an activating group) is 1. The molecule has 0 amide bonds. The number of likely N-dealkylation sites (tertiary alicyclic amines) is 1. The van der Waals surface area contributed by atoms with Crippen LogP contribution in [0, 0.1) is 6.92 Å². The number of rotatable bonds is 4. The van der Waals surface area contributed by atoms with Gasteiger partial charge in [0.15, 0.2) is 0 Å². The highest BCUT2D eigenvalue weighted by Gasteiger charge is 2.20. The van der Waals surface area contributed by atoms with Gasteiger partial charge >= 0.3 is 0 Å². The number of piperidine rings is 1. The average Bonchev–Trinajstić information content (AvgIpc) is 2.38. The Kier molecular flexibility index (Phi) is 4.49. The van der Waals surface area contributed by atoms with Gasteiger partial charge in [0, 0.05) is 24.3 Å². The van der Waals surface area contributed by atoms with E-state index in [1.54, 1.807) is 6.20 Å². The highest BCUT2D eigenvalue weighted by molar-refractivity contribution is 5.23. The molecule has 0 saturated carbocycles. The number of nitrogens with two attached hydrogens (primary N) is 1. The minimum Gasteiger partial charge on any atom is -0.476 e. The number of aryl methyl sites for hydroxylation is 1. The Morgan fingerprint density at radius 1 is 1.50 bits per heavy atom. The Morgan fingerprint density at radius 3 is 3.06 bits per heavy atom. The van der Waals surface area contributed by atoms with Crippen LogP contribution < -0.4 is 10.5 Å². The Hall–Kier alpha value is -1.20. The van der Waals surface area contributed by atoms with Gasteiger partial charge in [0.1, 0.15) is 12.4 Å². The molecule has 2 heterocycles. The van der Waals surface area contributed by atoms with E-state index < -0.39 is 0 Å². The van der Waals surface area contributed by atoms with Crippen molar-refractivity contribution in [1.29, 1.82) is 0 Å². The maximum Gasteiger partial charge on any atom is 0.221 e. The molecule has 1 saturated heterocycles. The van der Waals surface area contributed by atoms with Crippen LogP contribution in [0.1, 0.15) is 30.7 Å². The summed E-state index contributed by atoms with van der Waals surface area (Å²) in [4.78, 5) is 10.8. The molecule has 2 rings (SSSR count). The van der Waals surface area contributed by atoms with E-state index in [-0.39, 0.29) is 0 Å². The number of hydrogen-bond donors (Lipinski definition) is 1. The molecule has 1 aliphatic rings. The zero-order valence-corrected chi connectivity index (χ0v) is 11.2. The minimum atomic E-state index is 0.413. The third-order valence-electron chi connectivity index (χ3n) is 3.50. The molecule has 0 bridgehead atoms. The van der Waals surface area contributed by atoms with Crippen LogP contribution in [-0.4, -0.2) is 41.1 Å². The second kappa shape index (κ2) is 6.11. The van der Waals surface area contributed by atoms with Gasteiger partial charge in [-0.25, -0.2) is 4.98 Å². The van der Waals surface area contributed by atoms with E-state index in [4.69, 9.17) is 10.5 Å². The molecule has 18 heavy (non-hydrogen) atoms. The standard InChI is InChI=1S/C13H22N4O/c1-10-15-8-11(7-14)13(16-10)18-9-12-5-3-4-6-17(12)2/h8,12H,3-7,9,14H2,1-2H3. The Morgan fingerprint density at radius 2 is 2.33 bits per heavy atom. The van der Waals surface area contributed by atoms with E-state index in [0.29, 0.717) is 25.1 Å². The lowest BCUT2D eigenvalue weighted by Gasteiger charge is -2.32. The second-order valence-corrected chi connectivity index (χ2v) is 4.89. The third kappa shape index (κ3) is 3.17. The molecule has 1 unspecified atom stereocenters. The zero-order valence-electron chi connectivity index (χ0n) is 11.2. The van der Waals surface area contributed by atoms with Crippen molar-refractivity contribution in [2.45, 2.75) is 38.8 Å². The molecular formula is C13H22N4O. The van der Waals surface area contributed by atoms with Gasteiger partial charge in [0.25, 0.3) is 0 Å². The highest BCUT2D eigenvalue weighted by Crippen LogP contribution is 2.18. The van der Waals surface area contributed by atoms with E-state index in [9.17, 15) is 0 Å². The summed E-state index contributed by atoms with van der Waals surface area (Å²) < 4.78 is 5.85. The predicted molar refractivity (Wildman–Crippen MR) is 70.4 cm³/mol. The van der Waals surface area contributed by atoms with E-state index in [2.05, 4.69) is 21.9 Å². The van der Waals surface area contributed by atoms with Gasteiger partial charge in [-0.1, -0.05) is 6.42 Å². The van der Waals surface area contributed by atoms with Crippen molar-refractivity contribution in [3.8, 4) is 5.88 Å². The Balaban J connectivity index is 1.98. The molecule has 1 aromatic heterocycles. The van der Waals surface area contributed by atoms with Crippen molar-refractivity contribution in [2.75, 3.05) is 20.2 Å². The summed E-state index contributed by atoms with van der Waals surface area (Å²) in [5, 5.41) is 0. The lowest BCUT2D eigenvalue weighted by atomic mass is 10.0. The minimum absolute atomic E-state index is 0.413. The number of hydrogen-bond acceptors (Lipinski definition) is 5. The van der Waals surface area contributed by atoms with E-state index >= 15 is 0 Å². The van der Waals surface area contributed by atoms with Gasteiger partial charge in [-0.2, -0.15) is 4.98 Å². The van der Waals surface area contributed by atoms with Crippen LogP contribution >= 0.6 is 0 Å². The fraction of sp³-hybridized carbons (Fsp3) is 0.692. The summed E-state index contributed by atoms with van der Waals surface area (Å²) in [6.07, 6.45) is 5.51. The molecule has 2 N–H and O–H groups in total. The maximum absolute atomic E-state index is 5.85. The number of aromatic nitrogens is 2. The van der Waals surface area contributed by atoms with Crippen LogP contribution in [0.3, 0.4) is 0 Å². The number of nitrogens with zero attached hydrogens (tertiary/aromatic N) is 3. The average molecular weight is 250 g/mol. The fourth-order valence-electron chi connectivity index (χ4n) is 2.27. The van der Waals surface area contributed by atoms with Crippen LogP contribution in [0.15, 0.2) is 6.20 Å². The summed E-state index contributed by atoms with van der Waals surface area (Å²) >= 11 is 0. The Bertz CT molecular complexity index is 397. The molecule has 0 spiro atoms. The SMILES string of the molecule is Cc1ncc(CN)c(OCC2CCCCN2C)n1. The van der Waals surface area contributed by atoms with E-state index in [1.165, 1.54) is 19.3 Å².